The van der Waals surface area contributed by atoms with E-state index in [1.807, 2.05) is 6.07 Å². The Bertz CT molecular complexity index is 425. The van der Waals surface area contributed by atoms with Crippen molar-refractivity contribution in [3.8, 4) is 0 Å². The molecule has 1 aromatic rings. The van der Waals surface area contributed by atoms with E-state index in [1.165, 1.54) is 44.2 Å². The molecule has 2 rings (SSSR count). The van der Waals surface area contributed by atoms with Crippen molar-refractivity contribution in [3.05, 3.63) is 29.6 Å². The summed E-state index contributed by atoms with van der Waals surface area (Å²) in [5.41, 5.74) is 7.60. The maximum atomic E-state index is 13.1. The fourth-order valence-corrected chi connectivity index (χ4v) is 3.01. The van der Waals surface area contributed by atoms with Crippen molar-refractivity contribution < 1.29 is 4.39 Å². The van der Waals surface area contributed by atoms with E-state index in [0.717, 1.165) is 18.7 Å². The minimum absolute atomic E-state index is 0.249. The number of rotatable bonds is 6. The van der Waals surface area contributed by atoms with E-state index in [9.17, 15) is 4.39 Å². The summed E-state index contributed by atoms with van der Waals surface area (Å²) in [4.78, 5) is 2.55. The lowest BCUT2D eigenvalue weighted by Gasteiger charge is -2.30. The summed E-state index contributed by atoms with van der Waals surface area (Å²) in [6.45, 7) is 6.49. The average molecular weight is 278 g/mol. The van der Waals surface area contributed by atoms with Gasteiger partial charge in [0.2, 0.25) is 0 Å². The van der Waals surface area contributed by atoms with Gasteiger partial charge in [-0.25, -0.2) is 4.39 Å². The van der Waals surface area contributed by atoms with Crippen LogP contribution in [-0.4, -0.2) is 17.5 Å². The Hall–Kier alpha value is -1.09. The Kier molecular flexibility index (Phi) is 5.41. The SMILES string of the molecule is CC(C)CCN(Cc1ccc(F)cc1N)C1CCCC1. The monoisotopic (exact) mass is 278 g/mol. The molecule has 0 unspecified atom stereocenters. The molecular weight excluding hydrogens is 251 g/mol. The zero-order valence-corrected chi connectivity index (χ0v) is 12.7. The molecule has 0 atom stereocenters. The number of hydrogen-bond acceptors (Lipinski definition) is 2. The minimum Gasteiger partial charge on any atom is -0.398 e. The molecule has 112 valence electrons. The van der Waals surface area contributed by atoms with E-state index in [4.69, 9.17) is 5.73 Å². The van der Waals surface area contributed by atoms with Gasteiger partial charge in [0.1, 0.15) is 5.82 Å². The van der Waals surface area contributed by atoms with Gasteiger partial charge in [0, 0.05) is 18.3 Å². The Labute approximate surface area is 122 Å². The first-order chi connectivity index (χ1) is 9.56. The van der Waals surface area contributed by atoms with Gasteiger partial charge in [0.15, 0.2) is 0 Å². The molecule has 1 saturated carbocycles. The first-order valence-electron chi connectivity index (χ1n) is 7.84. The summed E-state index contributed by atoms with van der Waals surface area (Å²) in [5.74, 6) is 0.463. The zero-order chi connectivity index (χ0) is 14.5. The first kappa shape index (κ1) is 15.3. The number of hydrogen-bond donors (Lipinski definition) is 1. The molecule has 0 aliphatic heterocycles. The summed E-state index contributed by atoms with van der Waals surface area (Å²) in [7, 11) is 0. The van der Waals surface area contributed by atoms with E-state index in [1.54, 1.807) is 0 Å². The Balaban J connectivity index is 2.05. The maximum absolute atomic E-state index is 13.1. The van der Waals surface area contributed by atoms with E-state index in [-0.39, 0.29) is 5.82 Å². The topological polar surface area (TPSA) is 29.3 Å². The summed E-state index contributed by atoms with van der Waals surface area (Å²) in [6, 6.07) is 5.46. The van der Waals surface area contributed by atoms with E-state index < -0.39 is 0 Å². The van der Waals surface area contributed by atoms with E-state index >= 15 is 0 Å². The van der Waals surface area contributed by atoms with Crippen LogP contribution in [-0.2, 0) is 6.54 Å². The predicted octanol–water partition coefficient (Wildman–Crippen LogP) is 4.20. The van der Waals surface area contributed by atoms with Crippen LogP contribution in [0.4, 0.5) is 10.1 Å². The maximum Gasteiger partial charge on any atom is 0.125 e. The fourth-order valence-electron chi connectivity index (χ4n) is 3.01. The Morgan fingerprint density at radius 3 is 2.60 bits per heavy atom. The highest BCUT2D eigenvalue weighted by atomic mass is 19.1. The molecule has 0 amide bonds. The van der Waals surface area contributed by atoms with Crippen molar-refractivity contribution in [2.24, 2.45) is 5.92 Å². The molecule has 1 fully saturated rings. The van der Waals surface area contributed by atoms with Crippen LogP contribution in [0, 0.1) is 11.7 Å². The van der Waals surface area contributed by atoms with Crippen LogP contribution < -0.4 is 5.73 Å². The molecule has 1 aromatic carbocycles. The molecule has 20 heavy (non-hydrogen) atoms. The molecular formula is C17H27FN2. The highest BCUT2D eigenvalue weighted by molar-refractivity contribution is 5.46. The summed E-state index contributed by atoms with van der Waals surface area (Å²) in [5, 5.41) is 0. The normalized spacial score (nSPS) is 16.4. The van der Waals surface area contributed by atoms with Crippen LogP contribution in [0.5, 0.6) is 0 Å². The fraction of sp³-hybridized carbons (Fsp3) is 0.647. The molecule has 1 aliphatic carbocycles. The van der Waals surface area contributed by atoms with Gasteiger partial charge in [-0.3, -0.25) is 4.90 Å². The molecule has 0 saturated heterocycles. The first-order valence-corrected chi connectivity index (χ1v) is 7.84. The number of halogens is 1. The molecule has 3 heteroatoms. The number of nitrogen functional groups attached to an aromatic ring is 1. The van der Waals surface area contributed by atoms with Gasteiger partial charge in [0.05, 0.1) is 0 Å². The summed E-state index contributed by atoms with van der Waals surface area (Å²) in [6.07, 6.45) is 6.46. The highest BCUT2D eigenvalue weighted by Crippen LogP contribution is 2.27. The van der Waals surface area contributed by atoms with Crippen LogP contribution in [0.2, 0.25) is 0 Å². The number of benzene rings is 1. The lowest BCUT2D eigenvalue weighted by Crippen LogP contribution is -2.34. The van der Waals surface area contributed by atoms with E-state index in [0.29, 0.717) is 17.6 Å². The van der Waals surface area contributed by atoms with Gasteiger partial charge < -0.3 is 5.73 Å². The molecule has 0 radical (unpaired) electrons. The standard InChI is InChI=1S/C17H27FN2/c1-13(2)9-10-20(16-5-3-4-6-16)12-14-7-8-15(18)11-17(14)19/h7-8,11,13,16H,3-6,9-10,12,19H2,1-2H3. The minimum atomic E-state index is -0.249. The molecule has 0 spiro atoms. The van der Waals surface area contributed by atoms with Gasteiger partial charge >= 0.3 is 0 Å². The van der Waals surface area contributed by atoms with Crippen molar-refractivity contribution >= 4 is 5.69 Å². The van der Waals surface area contributed by atoms with Crippen LogP contribution >= 0.6 is 0 Å². The van der Waals surface area contributed by atoms with Crippen molar-refractivity contribution in [3.63, 3.8) is 0 Å². The number of nitrogens with zero attached hydrogens (tertiary/aromatic N) is 1. The zero-order valence-electron chi connectivity index (χ0n) is 12.7. The van der Waals surface area contributed by atoms with Crippen molar-refractivity contribution in [2.75, 3.05) is 12.3 Å². The second-order valence-corrected chi connectivity index (χ2v) is 6.43. The third kappa shape index (κ3) is 4.20. The van der Waals surface area contributed by atoms with E-state index in [2.05, 4.69) is 18.7 Å². The second kappa shape index (κ2) is 7.07. The Morgan fingerprint density at radius 2 is 2.00 bits per heavy atom. The molecule has 2 N–H and O–H groups in total. The smallest absolute Gasteiger partial charge is 0.125 e. The van der Waals surface area contributed by atoms with Crippen molar-refractivity contribution in [2.45, 2.75) is 58.5 Å². The van der Waals surface area contributed by atoms with Gasteiger partial charge in [-0.2, -0.15) is 0 Å². The lowest BCUT2D eigenvalue weighted by atomic mass is 10.1. The highest BCUT2D eigenvalue weighted by Gasteiger charge is 2.23. The average Bonchev–Trinajstić information content (AvgIpc) is 2.90. The molecule has 0 aromatic heterocycles. The number of nitrogens with two attached hydrogens (primary N) is 1. The Morgan fingerprint density at radius 1 is 1.30 bits per heavy atom. The van der Waals surface area contributed by atoms with Gasteiger partial charge in [-0.1, -0.05) is 32.8 Å². The van der Waals surface area contributed by atoms with Crippen molar-refractivity contribution in [1.29, 1.82) is 0 Å². The van der Waals surface area contributed by atoms with Gasteiger partial charge in [0.25, 0.3) is 0 Å². The van der Waals surface area contributed by atoms with Gasteiger partial charge in [-0.05, 0) is 49.4 Å². The van der Waals surface area contributed by atoms with Crippen LogP contribution in [0.3, 0.4) is 0 Å². The van der Waals surface area contributed by atoms with Gasteiger partial charge in [-0.15, -0.1) is 0 Å². The van der Waals surface area contributed by atoms with Crippen LogP contribution in [0.15, 0.2) is 18.2 Å². The quantitative estimate of drug-likeness (QED) is 0.790. The lowest BCUT2D eigenvalue weighted by molar-refractivity contribution is 0.180. The second-order valence-electron chi connectivity index (χ2n) is 6.43. The molecule has 0 bridgehead atoms. The van der Waals surface area contributed by atoms with Crippen molar-refractivity contribution in [1.82, 2.24) is 4.90 Å². The molecule has 0 heterocycles. The summed E-state index contributed by atoms with van der Waals surface area (Å²) >= 11 is 0. The molecule has 2 nitrogen and oxygen atoms in total. The number of anilines is 1. The molecule has 1 aliphatic rings. The summed E-state index contributed by atoms with van der Waals surface area (Å²) < 4.78 is 13.1. The largest absolute Gasteiger partial charge is 0.398 e. The third-order valence-electron chi connectivity index (χ3n) is 4.32. The van der Waals surface area contributed by atoms with Crippen LogP contribution in [0.25, 0.3) is 0 Å². The third-order valence-corrected chi connectivity index (χ3v) is 4.32. The predicted molar refractivity (Wildman–Crippen MR) is 82.9 cm³/mol. The van der Waals surface area contributed by atoms with Crippen LogP contribution in [0.1, 0.15) is 51.5 Å².